The third-order valence-corrected chi connectivity index (χ3v) is 2.71. The molecule has 4 nitrogen and oxygen atoms in total. The van der Waals surface area contributed by atoms with Crippen molar-refractivity contribution in [1.82, 2.24) is 5.43 Å². The number of hydrazone groups is 1. The van der Waals surface area contributed by atoms with E-state index in [4.69, 9.17) is 17.3 Å². The van der Waals surface area contributed by atoms with Gasteiger partial charge in [-0.05, 0) is 29.8 Å². The lowest BCUT2D eigenvalue weighted by Gasteiger charge is -2.02. The molecule has 5 heteroatoms. The van der Waals surface area contributed by atoms with Crippen LogP contribution in [0.1, 0.15) is 15.9 Å². The largest absolute Gasteiger partial charge is 0.398 e. The Labute approximate surface area is 115 Å². The quantitative estimate of drug-likeness (QED) is 0.513. The highest BCUT2D eigenvalue weighted by atomic mass is 35.5. The molecule has 0 aliphatic rings. The van der Waals surface area contributed by atoms with Gasteiger partial charge in [0.2, 0.25) is 0 Å². The molecule has 3 N–H and O–H groups in total. The zero-order valence-electron chi connectivity index (χ0n) is 10.0. The Bertz CT molecular complexity index is 608. The molecule has 0 aromatic heterocycles. The van der Waals surface area contributed by atoms with Gasteiger partial charge < -0.3 is 5.73 Å². The number of hydrogen-bond donors (Lipinski definition) is 2. The zero-order valence-corrected chi connectivity index (χ0v) is 10.8. The molecule has 0 spiro atoms. The van der Waals surface area contributed by atoms with Crippen molar-refractivity contribution in [2.75, 3.05) is 5.73 Å². The van der Waals surface area contributed by atoms with Crippen LogP contribution >= 0.6 is 11.6 Å². The van der Waals surface area contributed by atoms with Gasteiger partial charge in [0.05, 0.1) is 11.8 Å². The van der Waals surface area contributed by atoms with Crippen molar-refractivity contribution in [2.45, 2.75) is 0 Å². The van der Waals surface area contributed by atoms with Gasteiger partial charge >= 0.3 is 0 Å². The number of para-hydroxylation sites is 1. The van der Waals surface area contributed by atoms with Crippen molar-refractivity contribution in [3.05, 3.63) is 64.7 Å². The number of anilines is 1. The Morgan fingerprint density at radius 1 is 1.16 bits per heavy atom. The lowest BCUT2D eigenvalue weighted by Crippen LogP contribution is -2.18. The van der Waals surface area contributed by atoms with Crippen LogP contribution in [0.5, 0.6) is 0 Å². The van der Waals surface area contributed by atoms with E-state index in [0.29, 0.717) is 16.3 Å². The van der Waals surface area contributed by atoms with Gasteiger partial charge in [0, 0.05) is 10.7 Å². The van der Waals surface area contributed by atoms with E-state index < -0.39 is 0 Å². The van der Waals surface area contributed by atoms with Crippen LogP contribution in [-0.4, -0.2) is 12.1 Å². The number of carbonyl (C=O) groups excluding carboxylic acids is 1. The molecule has 1 amide bonds. The number of benzene rings is 2. The Hall–Kier alpha value is -2.33. The summed E-state index contributed by atoms with van der Waals surface area (Å²) in [7, 11) is 0. The van der Waals surface area contributed by atoms with E-state index in [1.54, 1.807) is 48.5 Å². The van der Waals surface area contributed by atoms with E-state index in [1.807, 2.05) is 0 Å². The van der Waals surface area contributed by atoms with Gasteiger partial charge in [-0.25, -0.2) is 5.43 Å². The number of nitrogen functional groups attached to an aromatic ring is 1. The van der Waals surface area contributed by atoms with Gasteiger partial charge in [0.1, 0.15) is 0 Å². The topological polar surface area (TPSA) is 67.5 Å². The molecule has 0 unspecified atom stereocenters. The van der Waals surface area contributed by atoms with Crippen molar-refractivity contribution < 1.29 is 4.79 Å². The maximum Gasteiger partial charge on any atom is 0.273 e. The van der Waals surface area contributed by atoms with Gasteiger partial charge in [0.15, 0.2) is 0 Å². The minimum absolute atomic E-state index is 0.344. The van der Waals surface area contributed by atoms with E-state index in [0.717, 1.165) is 5.56 Å². The highest BCUT2D eigenvalue weighted by Gasteiger charge is 2.06. The van der Waals surface area contributed by atoms with E-state index >= 15 is 0 Å². The van der Waals surface area contributed by atoms with Crippen LogP contribution < -0.4 is 11.2 Å². The Balaban J connectivity index is 2.01. The van der Waals surface area contributed by atoms with Gasteiger partial charge in [-0.3, -0.25) is 4.79 Å². The second kappa shape index (κ2) is 6.02. The predicted molar refractivity (Wildman–Crippen MR) is 77.4 cm³/mol. The number of nitrogens with zero attached hydrogens (tertiary/aromatic N) is 1. The second-order valence-electron chi connectivity index (χ2n) is 3.84. The van der Waals surface area contributed by atoms with Crippen molar-refractivity contribution >= 4 is 29.4 Å². The first-order valence-corrected chi connectivity index (χ1v) is 5.98. The first kappa shape index (κ1) is 13.1. The predicted octanol–water partition coefficient (Wildman–Crippen LogP) is 2.69. The summed E-state index contributed by atoms with van der Waals surface area (Å²) >= 11 is 5.77. The maximum absolute atomic E-state index is 11.8. The van der Waals surface area contributed by atoms with Gasteiger partial charge in [-0.1, -0.05) is 35.9 Å². The van der Waals surface area contributed by atoms with Crippen LogP contribution in [0, 0.1) is 0 Å². The minimum atomic E-state index is -0.344. The SMILES string of the molecule is Nc1ccccc1C(=O)N/N=C\c1ccc(Cl)cc1. The van der Waals surface area contributed by atoms with Crippen LogP contribution in [0.25, 0.3) is 0 Å². The molecule has 2 aromatic rings. The summed E-state index contributed by atoms with van der Waals surface area (Å²) < 4.78 is 0. The molecule has 0 aliphatic heterocycles. The molecule has 0 atom stereocenters. The smallest absolute Gasteiger partial charge is 0.273 e. The van der Waals surface area contributed by atoms with Gasteiger partial charge in [-0.15, -0.1) is 0 Å². The second-order valence-corrected chi connectivity index (χ2v) is 4.27. The summed E-state index contributed by atoms with van der Waals surface area (Å²) in [6.07, 6.45) is 1.54. The molecule has 0 radical (unpaired) electrons. The number of halogens is 1. The molecule has 0 bridgehead atoms. The fourth-order valence-corrected chi connectivity index (χ4v) is 1.60. The molecule has 0 fully saturated rings. The summed E-state index contributed by atoms with van der Waals surface area (Å²) in [5.41, 5.74) is 9.77. The third kappa shape index (κ3) is 3.56. The van der Waals surface area contributed by atoms with Crippen LogP contribution in [0.2, 0.25) is 5.02 Å². The summed E-state index contributed by atoms with van der Waals surface area (Å²) in [5, 5.41) is 4.52. The molecule has 0 heterocycles. The average Bonchev–Trinajstić information content (AvgIpc) is 2.41. The number of nitrogens with one attached hydrogen (secondary N) is 1. The first-order valence-electron chi connectivity index (χ1n) is 5.60. The molecular weight excluding hydrogens is 262 g/mol. The van der Waals surface area contributed by atoms with Crippen LogP contribution in [0.4, 0.5) is 5.69 Å². The lowest BCUT2D eigenvalue weighted by atomic mass is 10.2. The average molecular weight is 274 g/mol. The van der Waals surface area contributed by atoms with Crippen molar-refractivity contribution in [3.8, 4) is 0 Å². The van der Waals surface area contributed by atoms with Gasteiger partial charge in [0.25, 0.3) is 5.91 Å². The Morgan fingerprint density at radius 2 is 1.84 bits per heavy atom. The number of nitrogens with two attached hydrogens (primary N) is 1. The maximum atomic E-state index is 11.8. The third-order valence-electron chi connectivity index (χ3n) is 2.46. The molecule has 2 aromatic carbocycles. The highest BCUT2D eigenvalue weighted by molar-refractivity contribution is 6.30. The van der Waals surface area contributed by atoms with Gasteiger partial charge in [-0.2, -0.15) is 5.10 Å². The van der Waals surface area contributed by atoms with Crippen LogP contribution in [-0.2, 0) is 0 Å². The lowest BCUT2D eigenvalue weighted by molar-refractivity contribution is 0.0956. The van der Waals surface area contributed by atoms with E-state index in [2.05, 4.69) is 10.5 Å². The van der Waals surface area contributed by atoms with Crippen molar-refractivity contribution in [1.29, 1.82) is 0 Å². The normalized spacial score (nSPS) is 10.6. The van der Waals surface area contributed by atoms with Crippen molar-refractivity contribution in [3.63, 3.8) is 0 Å². The van der Waals surface area contributed by atoms with E-state index in [9.17, 15) is 4.79 Å². The molecule has 19 heavy (non-hydrogen) atoms. The number of rotatable bonds is 3. The van der Waals surface area contributed by atoms with Crippen LogP contribution in [0.3, 0.4) is 0 Å². The zero-order chi connectivity index (χ0) is 13.7. The number of amides is 1. The molecule has 0 aliphatic carbocycles. The number of carbonyl (C=O) groups is 1. The monoisotopic (exact) mass is 273 g/mol. The number of hydrogen-bond acceptors (Lipinski definition) is 3. The first-order chi connectivity index (χ1) is 9.16. The Morgan fingerprint density at radius 3 is 2.53 bits per heavy atom. The standard InChI is InChI=1S/C14H12ClN3O/c15-11-7-5-10(6-8-11)9-17-18-14(19)12-3-1-2-4-13(12)16/h1-9H,16H2,(H,18,19)/b17-9-. The fraction of sp³-hybridized carbons (Fsp3) is 0. The summed E-state index contributed by atoms with van der Waals surface area (Å²) in [6, 6.07) is 13.9. The Kier molecular flexibility index (Phi) is 4.15. The fourth-order valence-electron chi connectivity index (χ4n) is 1.48. The summed E-state index contributed by atoms with van der Waals surface area (Å²) in [4.78, 5) is 11.8. The minimum Gasteiger partial charge on any atom is -0.398 e. The van der Waals surface area contributed by atoms with Crippen LogP contribution in [0.15, 0.2) is 53.6 Å². The van der Waals surface area contributed by atoms with Crippen molar-refractivity contribution in [2.24, 2.45) is 5.10 Å². The molecule has 0 saturated heterocycles. The molecule has 0 saturated carbocycles. The highest BCUT2D eigenvalue weighted by Crippen LogP contribution is 2.10. The van der Waals surface area contributed by atoms with E-state index in [-0.39, 0.29) is 5.91 Å². The summed E-state index contributed by atoms with van der Waals surface area (Å²) in [6.45, 7) is 0. The molecular formula is C14H12ClN3O. The molecule has 2 rings (SSSR count). The summed E-state index contributed by atoms with van der Waals surface area (Å²) in [5.74, 6) is -0.344. The molecule has 96 valence electrons. The van der Waals surface area contributed by atoms with E-state index in [1.165, 1.54) is 6.21 Å².